The van der Waals surface area contributed by atoms with Crippen molar-refractivity contribution >= 4 is 27.8 Å². The highest BCUT2D eigenvalue weighted by molar-refractivity contribution is 7.92. The number of benzene rings is 1. The number of alkyl carbamates (subject to hydrolysis) is 1. The molecule has 35 heavy (non-hydrogen) atoms. The number of likely N-dealkylation sites (tertiary alicyclic amines) is 1. The fourth-order valence-electron chi connectivity index (χ4n) is 5.71. The smallest absolute Gasteiger partial charge is 0.406 e. The minimum Gasteiger partial charge on any atom is -0.448 e. The molecule has 3 amide bonds. The molecule has 2 aliphatic carbocycles. The van der Waals surface area contributed by atoms with E-state index in [1.54, 1.807) is 6.08 Å². The molecule has 1 saturated heterocycles. The number of nitrogens with one attached hydrogen (secondary N) is 3. The Kier molecular flexibility index (Phi) is 7.70. The molecule has 10 heteroatoms. The summed E-state index contributed by atoms with van der Waals surface area (Å²) in [5, 5.41) is 6.36. The van der Waals surface area contributed by atoms with E-state index in [0.717, 1.165) is 80.1 Å². The van der Waals surface area contributed by atoms with E-state index >= 15 is 0 Å². The summed E-state index contributed by atoms with van der Waals surface area (Å²) in [7, 11) is -2.42. The maximum Gasteiger partial charge on any atom is 0.406 e. The van der Waals surface area contributed by atoms with E-state index in [1.807, 2.05) is 0 Å². The Hall–Kier alpha value is -2.59. The number of urea groups is 1. The number of sulfonamides is 1. The monoisotopic (exact) mass is 504 g/mol. The summed E-state index contributed by atoms with van der Waals surface area (Å²) in [6, 6.07) is 1.55. The van der Waals surface area contributed by atoms with Gasteiger partial charge in [-0.2, -0.15) is 0 Å². The van der Waals surface area contributed by atoms with Crippen LogP contribution in [0.2, 0.25) is 0 Å². The van der Waals surface area contributed by atoms with E-state index in [-0.39, 0.29) is 12.1 Å². The molecule has 1 aromatic carbocycles. The Morgan fingerprint density at radius 2 is 1.80 bits per heavy atom. The summed E-state index contributed by atoms with van der Waals surface area (Å²) in [6.07, 6.45) is 9.50. The highest BCUT2D eigenvalue weighted by Crippen LogP contribution is 2.38. The van der Waals surface area contributed by atoms with Crippen LogP contribution in [-0.4, -0.2) is 57.7 Å². The van der Waals surface area contributed by atoms with E-state index in [0.29, 0.717) is 13.0 Å². The van der Waals surface area contributed by atoms with E-state index in [2.05, 4.69) is 33.2 Å². The van der Waals surface area contributed by atoms with Crippen LogP contribution in [0.4, 0.5) is 15.3 Å². The molecule has 0 bridgehead atoms. The summed E-state index contributed by atoms with van der Waals surface area (Å²) >= 11 is 0. The fraction of sp³-hybridized carbons (Fsp3) is 0.600. The van der Waals surface area contributed by atoms with Gasteiger partial charge in [0.2, 0.25) is 0 Å². The van der Waals surface area contributed by atoms with Crippen molar-refractivity contribution < 1.29 is 22.7 Å². The fourth-order valence-corrected chi connectivity index (χ4v) is 6.44. The number of nitrogens with zero attached hydrogens (tertiary/aromatic N) is 1. The van der Waals surface area contributed by atoms with E-state index in [1.165, 1.54) is 18.2 Å². The summed E-state index contributed by atoms with van der Waals surface area (Å²) in [5.74, 6) is 0. The maximum atomic E-state index is 12.7. The first-order chi connectivity index (χ1) is 16.7. The third kappa shape index (κ3) is 5.98. The van der Waals surface area contributed by atoms with Gasteiger partial charge in [0.05, 0.1) is 0 Å². The number of carbonyl (C=O) groups excluding carboxylic acids is 2. The topological polar surface area (TPSA) is 117 Å². The van der Waals surface area contributed by atoms with Crippen LogP contribution in [0.3, 0.4) is 0 Å². The van der Waals surface area contributed by atoms with E-state index in [4.69, 9.17) is 4.74 Å². The Morgan fingerprint density at radius 3 is 2.46 bits per heavy atom. The van der Waals surface area contributed by atoms with Crippen molar-refractivity contribution in [3.8, 4) is 0 Å². The second kappa shape index (κ2) is 10.6. The van der Waals surface area contributed by atoms with Gasteiger partial charge >= 0.3 is 12.1 Å². The van der Waals surface area contributed by atoms with Gasteiger partial charge in [0, 0.05) is 30.2 Å². The number of fused-ring (bicyclic) bond motifs is 2. The highest BCUT2D eigenvalue weighted by atomic mass is 32.2. The van der Waals surface area contributed by atoms with Gasteiger partial charge < -0.3 is 15.4 Å². The molecule has 9 nitrogen and oxygen atoms in total. The minimum atomic E-state index is -3.94. The lowest BCUT2D eigenvalue weighted by Crippen LogP contribution is -2.43. The maximum absolute atomic E-state index is 12.7. The largest absolute Gasteiger partial charge is 0.448 e. The zero-order valence-electron chi connectivity index (χ0n) is 20.6. The van der Waals surface area contributed by atoms with Crippen LogP contribution in [0, 0.1) is 0 Å². The molecule has 0 radical (unpaired) electrons. The summed E-state index contributed by atoms with van der Waals surface area (Å²) in [5.41, 5.74) is 5.45. The lowest BCUT2D eigenvalue weighted by atomic mass is 9.94. The molecule has 0 spiro atoms. The van der Waals surface area contributed by atoms with Crippen LogP contribution in [0.15, 0.2) is 17.6 Å². The minimum absolute atomic E-state index is 0.231. The standard InChI is InChI=1S/C25H36N4O5S/c1-25(11-5-13-29(25)14-15-34-24(31)26-2)12-6-16-35(32,33)28-23(30)27-22-20-9-3-7-18(20)17-19-8-4-10-21(19)22/h6,16-17H,3-5,7-15H2,1-2H3,(H,26,31)(H2,27,28,30)/b16-6+/t25-/m1/s1. The zero-order valence-corrected chi connectivity index (χ0v) is 21.4. The van der Waals surface area contributed by atoms with Gasteiger partial charge in [-0.1, -0.05) is 12.1 Å². The summed E-state index contributed by atoms with van der Waals surface area (Å²) in [4.78, 5) is 26.2. The van der Waals surface area contributed by atoms with Crippen LogP contribution in [-0.2, 0) is 40.4 Å². The van der Waals surface area contributed by atoms with Gasteiger partial charge in [-0.15, -0.1) is 0 Å². The molecule has 192 valence electrons. The first kappa shape index (κ1) is 25.5. The first-order valence-electron chi connectivity index (χ1n) is 12.5. The quantitative estimate of drug-likeness (QED) is 0.501. The molecule has 0 unspecified atom stereocenters. The second-order valence-electron chi connectivity index (χ2n) is 9.88. The molecule has 1 fully saturated rings. The van der Waals surface area contributed by atoms with Gasteiger partial charge in [-0.3, -0.25) is 4.90 Å². The van der Waals surface area contributed by atoms with Crippen molar-refractivity contribution in [2.75, 3.05) is 32.1 Å². The molecule has 1 heterocycles. The lowest BCUT2D eigenvalue weighted by Gasteiger charge is -2.34. The summed E-state index contributed by atoms with van der Waals surface area (Å²) in [6.45, 7) is 3.79. The van der Waals surface area contributed by atoms with Gasteiger partial charge in [0.1, 0.15) is 6.61 Å². The Balaban J connectivity index is 1.34. The predicted octanol–water partition coefficient (Wildman–Crippen LogP) is 3.23. The van der Waals surface area contributed by atoms with Crippen molar-refractivity contribution in [2.45, 2.75) is 70.3 Å². The molecule has 0 saturated carbocycles. The molecular weight excluding hydrogens is 468 g/mol. The molecular formula is C25H36N4O5S. The predicted molar refractivity (Wildman–Crippen MR) is 135 cm³/mol. The van der Waals surface area contributed by atoms with Gasteiger partial charge in [-0.05, 0) is 93.5 Å². The SMILES string of the molecule is CNC(=O)OCCN1CCC[C@]1(C)C/C=C/S(=O)(=O)NC(=O)Nc1c2c(cc3c1CCC3)CCC2. The summed E-state index contributed by atoms with van der Waals surface area (Å²) < 4.78 is 32.4. The normalized spacial score (nSPS) is 21.7. The average molecular weight is 505 g/mol. The van der Waals surface area contributed by atoms with Crippen LogP contribution < -0.4 is 15.4 Å². The third-order valence-corrected chi connectivity index (χ3v) is 8.51. The lowest BCUT2D eigenvalue weighted by molar-refractivity contribution is 0.0992. The van der Waals surface area contributed by atoms with Crippen molar-refractivity contribution in [3.05, 3.63) is 39.8 Å². The molecule has 1 aromatic rings. The first-order valence-corrected chi connectivity index (χ1v) is 14.0. The van der Waals surface area contributed by atoms with Gasteiger partial charge in [0.25, 0.3) is 10.0 Å². The van der Waals surface area contributed by atoms with Crippen LogP contribution in [0.5, 0.6) is 0 Å². The van der Waals surface area contributed by atoms with Crippen LogP contribution >= 0.6 is 0 Å². The highest BCUT2D eigenvalue weighted by Gasteiger charge is 2.35. The number of hydrogen-bond donors (Lipinski definition) is 3. The molecule has 1 aliphatic heterocycles. The van der Waals surface area contributed by atoms with Gasteiger partial charge in [-0.25, -0.2) is 22.7 Å². The van der Waals surface area contributed by atoms with Gasteiger partial charge in [0.15, 0.2) is 0 Å². The number of anilines is 1. The Morgan fingerprint density at radius 1 is 1.11 bits per heavy atom. The molecule has 3 N–H and O–H groups in total. The average Bonchev–Trinajstić information content (AvgIpc) is 3.53. The Labute approximate surface area is 207 Å². The number of ether oxygens (including phenoxy) is 1. The second-order valence-corrected chi connectivity index (χ2v) is 11.5. The third-order valence-electron chi connectivity index (χ3n) is 7.48. The number of hydrogen-bond acceptors (Lipinski definition) is 6. The molecule has 3 aliphatic rings. The molecule has 4 rings (SSSR count). The molecule has 1 atom stereocenters. The van der Waals surface area contributed by atoms with Crippen molar-refractivity contribution in [1.29, 1.82) is 0 Å². The number of aryl methyl sites for hydroxylation is 2. The van der Waals surface area contributed by atoms with Crippen molar-refractivity contribution in [1.82, 2.24) is 14.9 Å². The number of carbonyl (C=O) groups is 2. The number of amides is 3. The molecule has 0 aromatic heterocycles. The Bertz CT molecular complexity index is 1090. The van der Waals surface area contributed by atoms with E-state index < -0.39 is 22.1 Å². The van der Waals surface area contributed by atoms with Crippen molar-refractivity contribution in [2.24, 2.45) is 0 Å². The van der Waals surface area contributed by atoms with Crippen molar-refractivity contribution in [3.63, 3.8) is 0 Å². The zero-order chi connectivity index (χ0) is 25.1. The van der Waals surface area contributed by atoms with E-state index in [9.17, 15) is 18.0 Å². The number of rotatable bonds is 8. The van der Waals surface area contributed by atoms with Crippen LogP contribution in [0.25, 0.3) is 0 Å². The van der Waals surface area contributed by atoms with Crippen LogP contribution in [0.1, 0.15) is 61.3 Å².